The highest BCUT2D eigenvalue weighted by molar-refractivity contribution is 5.74. The summed E-state index contributed by atoms with van der Waals surface area (Å²) in [6.07, 6.45) is 3.25. The van der Waals surface area contributed by atoms with Crippen LogP contribution in [0, 0.1) is 19.8 Å². The average molecular weight is 308 g/mol. The molecule has 3 atom stereocenters. The number of aryl methyl sites for hydroxylation is 2. The van der Waals surface area contributed by atoms with Crippen molar-refractivity contribution < 1.29 is 9.90 Å². The van der Waals surface area contributed by atoms with Crippen LogP contribution in [0.15, 0.2) is 0 Å². The van der Waals surface area contributed by atoms with Gasteiger partial charge in [-0.25, -0.2) is 4.79 Å². The van der Waals surface area contributed by atoms with Gasteiger partial charge in [0.05, 0.1) is 17.8 Å². The number of hydrogen-bond donors (Lipinski definition) is 3. The third kappa shape index (κ3) is 3.80. The highest BCUT2D eigenvalue weighted by Gasteiger charge is 2.24. The van der Waals surface area contributed by atoms with Gasteiger partial charge in [0, 0.05) is 24.8 Å². The summed E-state index contributed by atoms with van der Waals surface area (Å²) in [5.74, 6) is 0.391. The fourth-order valence-corrected chi connectivity index (χ4v) is 3.35. The Hall–Kier alpha value is -1.56. The first-order valence-electron chi connectivity index (χ1n) is 8.14. The Kier molecular flexibility index (Phi) is 5.45. The van der Waals surface area contributed by atoms with Crippen LogP contribution in [-0.2, 0) is 7.05 Å². The topological polar surface area (TPSA) is 79.2 Å². The molecular weight excluding hydrogens is 280 g/mol. The fraction of sp³-hybridized carbons (Fsp3) is 0.750. The second-order valence-corrected chi connectivity index (χ2v) is 6.36. The Morgan fingerprint density at radius 1 is 1.45 bits per heavy atom. The molecule has 1 aliphatic carbocycles. The van der Waals surface area contributed by atoms with E-state index in [0.717, 1.165) is 42.6 Å². The highest BCUT2D eigenvalue weighted by atomic mass is 16.3. The third-order valence-corrected chi connectivity index (χ3v) is 4.69. The molecule has 0 unspecified atom stereocenters. The fourth-order valence-electron chi connectivity index (χ4n) is 3.35. The van der Waals surface area contributed by atoms with E-state index < -0.39 is 0 Å². The van der Waals surface area contributed by atoms with Gasteiger partial charge in [0.15, 0.2) is 0 Å². The Bertz CT molecular complexity index is 526. The van der Waals surface area contributed by atoms with Gasteiger partial charge in [-0.3, -0.25) is 4.68 Å². The van der Waals surface area contributed by atoms with E-state index in [2.05, 4.69) is 22.7 Å². The molecule has 124 valence electrons. The summed E-state index contributed by atoms with van der Waals surface area (Å²) in [6, 6.07) is -0.168. The predicted octanol–water partition coefficient (Wildman–Crippen LogP) is 1.95. The van der Waals surface area contributed by atoms with Crippen LogP contribution < -0.4 is 10.6 Å². The van der Waals surface area contributed by atoms with Gasteiger partial charge in [0.25, 0.3) is 0 Å². The first kappa shape index (κ1) is 16.8. The lowest BCUT2D eigenvalue weighted by Gasteiger charge is -2.19. The van der Waals surface area contributed by atoms with Gasteiger partial charge in [0.1, 0.15) is 0 Å². The van der Waals surface area contributed by atoms with Crippen molar-refractivity contribution in [3.05, 3.63) is 17.0 Å². The minimum atomic E-state index is -0.195. The molecule has 0 bridgehead atoms. The number of carbonyl (C=O) groups excluding carboxylic acids is 1. The monoisotopic (exact) mass is 308 g/mol. The number of aliphatic hydroxyl groups excluding tert-OH is 1. The van der Waals surface area contributed by atoms with Crippen LogP contribution in [0.1, 0.15) is 55.6 Å². The van der Waals surface area contributed by atoms with Crippen LogP contribution in [-0.4, -0.2) is 33.6 Å². The van der Waals surface area contributed by atoms with Crippen molar-refractivity contribution in [2.75, 3.05) is 6.54 Å². The van der Waals surface area contributed by atoms with Gasteiger partial charge >= 0.3 is 6.03 Å². The smallest absolute Gasteiger partial charge is 0.315 e. The van der Waals surface area contributed by atoms with Crippen LogP contribution in [0.2, 0.25) is 0 Å². The minimum Gasteiger partial charge on any atom is -0.393 e. The lowest BCUT2D eigenvalue weighted by molar-refractivity contribution is 0.177. The van der Waals surface area contributed by atoms with Crippen molar-refractivity contribution in [3.63, 3.8) is 0 Å². The molecule has 2 amide bonds. The molecule has 1 saturated carbocycles. The summed E-state index contributed by atoms with van der Waals surface area (Å²) in [7, 11) is 1.92. The van der Waals surface area contributed by atoms with E-state index in [0.29, 0.717) is 12.5 Å². The largest absolute Gasteiger partial charge is 0.393 e. The average Bonchev–Trinajstić information content (AvgIpc) is 2.99. The zero-order valence-electron chi connectivity index (χ0n) is 14.0. The molecule has 22 heavy (non-hydrogen) atoms. The number of aliphatic hydroxyl groups is 1. The normalized spacial score (nSPS) is 22.6. The second-order valence-electron chi connectivity index (χ2n) is 6.36. The number of nitrogens with one attached hydrogen (secondary N) is 2. The number of urea groups is 1. The zero-order chi connectivity index (χ0) is 16.3. The molecule has 0 aliphatic heterocycles. The van der Waals surface area contributed by atoms with E-state index in [1.54, 1.807) is 0 Å². The SMILES string of the molecule is CC[C@H](NC(=O)NC[C@@H]1CC[C@H](O)C1)c1c(C)nn(C)c1C. The summed E-state index contributed by atoms with van der Waals surface area (Å²) < 4.78 is 1.85. The van der Waals surface area contributed by atoms with Gasteiger partial charge in [-0.05, 0) is 45.4 Å². The van der Waals surface area contributed by atoms with Crippen LogP contribution >= 0.6 is 0 Å². The molecule has 3 N–H and O–H groups in total. The van der Waals surface area contributed by atoms with Crippen molar-refractivity contribution in [2.24, 2.45) is 13.0 Å². The summed E-state index contributed by atoms with van der Waals surface area (Å²) in [4.78, 5) is 12.1. The first-order valence-corrected chi connectivity index (χ1v) is 8.14. The molecule has 0 spiro atoms. The molecule has 0 saturated heterocycles. The number of amides is 2. The molecule has 1 aromatic heterocycles. The maximum atomic E-state index is 12.1. The number of hydrogen-bond acceptors (Lipinski definition) is 3. The van der Waals surface area contributed by atoms with Crippen LogP contribution in [0.5, 0.6) is 0 Å². The quantitative estimate of drug-likeness (QED) is 0.778. The van der Waals surface area contributed by atoms with E-state index in [1.807, 2.05) is 25.6 Å². The highest BCUT2D eigenvalue weighted by Crippen LogP contribution is 2.25. The molecule has 1 aliphatic rings. The Morgan fingerprint density at radius 2 is 2.18 bits per heavy atom. The van der Waals surface area contributed by atoms with Crippen LogP contribution in [0.25, 0.3) is 0 Å². The maximum absolute atomic E-state index is 12.1. The first-order chi connectivity index (χ1) is 10.4. The molecule has 6 nitrogen and oxygen atoms in total. The van der Waals surface area contributed by atoms with Gasteiger partial charge in [-0.15, -0.1) is 0 Å². The molecule has 1 fully saturated rings. The van der Waals surface area contributed by atoms with Gasteiger partial charge in [-0.1, -0.05) is 6.92 Å². The molecular formula is C16H28N4O2. The summed E-state index contributed by atoms with van der Waals surface area (Å²) in [5.41, 5.74) is 3.16. The Morgan fingerprint density at radius 3 is 2.68 bits per heavy atom. The molecule has 6 heteroatoms. The standard InChI is InChI=1S/C16H28N4O2/c1-5-14(15-10(2)19-20(4)11(15)3)18-16(22)17-9-12-6-7-13(21)8-12/h12-14,21H,5-9H2,1-4H3,(H2,17,18,22)/t12-,13+,14+/m1/s1. The van der Waals surface area contributed by atoms with Crippen LogP contribution in [0.4, 0.5) is 4.79 Å². The number of carbonyl (C=O) groups is 1. The van der Waals surface area contributed by atoms with Gasteiger partial charge in [-0.2, -0.15) is 5.10 Å². The van der Waals surface area contributed by atoms with E-state index in [1.165, 1.54) is 0 Å². The van der Waals surface area contributed by atoms with Crippen molar-refractivity contribution in [1.29, 1.82) is 0 Å². The molecule has 0 aromatic carbocycles. The predicted molar refractivity (Wildman–Crippen MR) is 85.6 cm³/mol. The second kappa shape index (κ2) is 7.13. The molecule has 1 aromatic rings. The molecule has 1 heterocycles. The lowest BCUT2D eigenvalue weighted by atomic mass is 10.0. The summed E-state index contributed by atoms with van der Waals surface area (Å²) >= 11 is 0. The van der Waals surface area contributed by atoms with E-state index in [9.17, 15) is 9.90 Å². The lowest BCUT2D eigenvalue weighted by Crippen LogP contribution is -2.40. The Balaban J connectivity index is 1.91. The van der Waals surface area contributed by atoms with E-state index >= 15 is 0 Å². The zero-order valence-corrected chi connectivity index (χ0v) is 14.0. The van der Waals surface area contributed by atoms with Gasteiger partial charge < -0.3 is 15.7 Å². The van der Waals surface area contributed by atoms with Crippen molar-refractivity contribution in [2.45, 2.75) is 58.6 Å². The van der Waals surface area contributed by atoms with E-state index in [4.69, 9.17) is 0 Å². The summed E-state index contributed by atoms with van der Waals surface area (Å²) in [6.45, 7) is 6.69. The molecule has 0 radical (unpaired) electrons. The van der Waals surface area contributed by atoms with Crippen molar-refractivity contribution in [1.82, 2.24) is 20.4 Å². The van der Waals surface area contributed by atoms with E-state index in [-0.39, 0.29) is 18.2 Å². The molecule has 2 rings (SSSR count). The van der Waals surface area contributed by atoms with Crippen molar-refractivity contribution >= 4 is 6.03 Å². The number of aromatic nitrogens is 2. The van der Waals surface area contributed by atoms with Gasteiger partial charge in [0.2, 0.25) is 0 Å². The van der Waals surface area contributed by atoms with Crippen molar-refractivity contribution in [3.8, 4) is 0 Å². The maximum Gasteiger partial charge on any atom is 0.315 e. The summed E-state index contributed by atoms with van der Waals surface area (Å²) in [5, 5.41) is 19.9. The van der Waals surface area contributed by atoms with Crippen LogP contribution in [0.3, 0.4) is 0 Å². The number of rotatable bonds is 5. The Labute approximate surface area is 132 Å². The number of nitrogens with zero attached hydrogens (tertiary/aromatic N) is 2. The minimum absolute atomic E-state index is 0.0251. The third-order valence-electron chi connectivity index (χ3n) is 4.69.